The Hall–Kier alpha value is -2.11. The van der Waals surface area contributed by atoms with Gasteiger partial charge in [0, 0.05) is 5.92 Å². The first-order valence-electron chi connectivity index (χ1n) is 5.94. The van der Waals surface area contributed by atoms with Crippen molar-refractivity contribution in [2.45, 2.75) is 20.3 Å². The van der Waals surface area contributed by atoms with Crippen molar-refractivity contribution < 1.29 is 14.4 Å². The second-order valence-electron chi connectivity index (χ2n) is 5.38. The third-order valence-corrected chi connectivity index (χ3v) is 3.47. The van der Waals surface area contributed by atoms with Crippen LogP contribution in [0.5, 0.6) is 0 Å². The molecule has 6 heteroatoms. The van der Waals surface area contributed by atoms with Crippen LogP contribution >= 0.6 is 0 Å². The van der Waals surface area contributed by atoms with Crippen molar-refractivity contribution in [2.75, 3.05) is 5.32 Å². The maximum absolute atomic E-state index is 13.7. The fraction of sp³-hybridized carbons (Fsp3) is 0.385. The Labute approximate surface area is 110 Å². The number of oxime groups is 1. The van der Waals surface area contributed by atoms with Gasteiger partial charge in [0.05, 0.1) is 11.3 Å². The van der Waals surface area contributed by atoms with Crippen LogP contribution in [0.3, 0.4) is 0 Å². The van der Waals surface area contributed by atoms with Gasteiger partial charge in [-0.25, -0.2) is 4.39 Å². The van der Waals surface area contributed by atoms with Crippen LogP contribution in [-0.4, -0.2) is 17.0 Å². The Morgan fingerprint density at radius 3 is 2.74 bits per heavy atom. The number of nitrogens with one attached hydrogen (secondary N) is 1. The number of anilines is 1. The molecule has 1 unspecified atom stereocenters. The number of carbonyl (C=O) groups excluding carboxylic acids is 1. The molecular formula is C13H16FN3O2. The van der Waals surface area contributed by atoms with Gasteiger partial charge in [0.2, 0.25) is 5.91 Å². The molecule has 1 amide bonds. The summed E-state index contributed by atoms with van der Waals surface area (Å²) in [7, 11) is 0. The normalized spacial score (nSPS) is 21.0. The van der Waals surface area contributed by atoms with Crippen molar-refractivity contribution in [3.63, 3.8) is 0 Å². The smallest absolute Gasteiger partial charge is 0.228 e. The van der Waals surface area contributed by atoms with Crippen LogP contribution in [0.1, 0.15) is 25.8 Å². The lowest BCUT2D eigenvalue weighted by molar-refractivity contribution is -0.118. The highest BCUT2D eigenvalue weighted by molar-refractivity contribution is 6.06. The van der Waals surface area contributed by atoms with E-state index in [4.69, 9.17) is 10.9 Å². The molecule has 1 aliphatic rings. The van der Waals surface area contributed by atoms with Gasteiger partial charge in [0.1, 0.15) is 5.82 Å². The number of halogens is 1. The number of hydrogen-bond donors (Lipinski definition) is 3. The fourth-order valence-electron chi connectivity index (χ4n) is 2.07. The quantitative estimate of drug-likeness (QED) is 0.337. The molecule has 1 saturated carbocycles. The first-order valence-corrected chi connectivity index (χ1v) is 5.94. The van der Waals surface area contributed by atoms with Crippen LogP contribution in [0.4, 0.5) is 10.1 Å². The molecule has 4 N–H and O–H groups in total. The topological polar surface area (TPSA) is 87.7 Å². The Morgan fingerprint density at radius 1 is 1.58 bits per heavy atom. The summed E-state index contributed by atoms with van der Waals surface area (Å²) in [6.45, 7) is 3.99. The standard InChI is InChI=1S/C13H16FN3O2/c1-13(2)6-7(13)12(18)16-9-5-3-4-8(14)10(9)11(15)17-19/h3-5,7,19H,6H2,1-2H3,(H2,15,17)(H,16,18). The zero-order valence-electron chi connectivity index (χ0n) is 10.8. The summed E-state index contributed by atoms with van der Waals surface area (Å²) in [6, 6.07) is 4.16. The predicted octanol–water partition coefficient (Wildman–Crippen LogP) is 1.90. The summed E-state index contributed by atoms with van der Waals surface area (Å²) < 4.78 is 13.7. The van der Waals surface area contributed by atoms with Gasteiger partial charge >= 0.3 is 0 Å². The van der Waals surface area contributed by atoms with Crippen molar-refractivity contribution in [2.24, 2.45) is 22.2 Å². The molecule has 2 rings (SSSR count). The number of hydrogen-bond acceptors (Lipinski definition) is 3. The zero-order valence-corrected chi connectivity index (χ0v) is 10.8. The molecule has 1 aromatic rings. The largest absolute Gasteiger partial charge is 0.409 e. The van der Waals surface area contributed by atoms with Gasteiger partial charge in [-0.1, -0.05) is 25.1 Å². The van der Waals surface area contributed by atoms with Gasteiger partial charge in [-0.3, -0.25) is 4.79 Å². The lowest BCUT2D eigenvalue weighted by Gasteiger charge is -2.11. The third-order valence-electron chi connectivity index (χ3n) is 3.47. The van der Waals surface area contributed by atoms with Gasteiger partial charge in [-0.05, 0) is 24.0 Å². The lowest BCUT2D eigenvalue weighted by Crippen LogP contribution is -2.22. The Balaban J connectivity index is 2.26. The second-order valence-corrected chi connectivity index (χ2v) is 5.38. The van der Waals surface area contributed by atoms with Crippen molar-refractivity contribution in [3.8, 4) is 0 Å². The maximum atomic E-state index is 13.7. The molecule has 0 radical (unpaired) electrons. The minimum absolute atomic E-state index is 0.0197. The Morgan fingerprint density at radius 2 is 2.21 bits per heavy atom. The highest BCUT2D eigenvalue weighted by atomic mass is 19.1. The predicted molar refractivity (Wildman–Crippen MR) is 69.4 cm³/mol. The van der Waals surface area contributed by atoms with Crippen LogP contribution in [0.2, 0.25) is 0 Å². The van der Waals surface area contributed by atoms with Crippen molar-refractivity contribution in [1.82, 2.24) is 0 Å². The molecule has 1 fully saturated rings. The molecule has 0 aliphatic heterocycles. The van der Waals surface area contributed by atoms with E-state index in [2.05, 4.69) is 10.5 Å². The van der Waals surface area contributed by atoms with E-state index in [0.717, 1.165) is 6.42 Å². The van der Waals surface area contributed by atoms with Crippen molar-refractivity contribution in [3.05, 3.63) is 29.6 Å². The molecule has 0 heterocycles. The molecule has 1 atom stereocenters. The number of nitrogens with two attached hydrogens (primary N) is 1. The van der Waals surface area contributed by atoms with E-state index in [0.29, 0.717) is 0 Å². The molecule has 0 bridgehead atoms. The lowest BCUT2D eigenvalue weighted by atomic mass is 10.1. The van der Waals surface area contributed by atoms with E-state index in [1.165, 1.54) is 18.2 Å². The van der Waals surface area contributed by atoms with Gasteiger partial charge in [0.15, 0.2) is 5.84 Å². The summed E-state index contributed by atoms with van der Waals surface area (Å²) in [6.07, 6.45) is 0.799. The number of rotatable bonds is 3. The molecule has 102 valence electrons. The van der Waals surface area contributed by atoms with E-state index < -0.39 is 5.82 Å². The molecule has 1 aromatic carbocycles. The van der Waals surface area contributed by atoms with E-state index >= 15 is 0 Å². The van der Waals surface area contributed by atoms with Gasteiger partial charge < -0.3 is 16.3 Å². The summed E-state index contributed by atoms with van der Waals surface area (Å²) in [4.78, 5) is 12.0. The Kier molecular flexibility index (Phi) is 3.18. The SMILES string of the molecule is CC1(C)CC1C(=O)Nc1cccc(F)c1/C(N)=N/O. The van der Waals surface area contributed by atoms with Crippen LogP contribution in [0.25, 0.3) is 0 Å². The molecule has 5 nitrogen and oxygen atoms in total. The average molecular weight is 265 g/mol. The Bertz CT molecular complexity index is 555. The van der Waals surface area contributed by atoms with Crippen LogP contribution in [0, 0.1) is 17.2 Å². The number of amides is 1. The summed E-state index contributed by atoms with van der Waals surface area (Å²) in [5.41, 5.74) is 5.52. The third kappa shape index (κ3) is 2.52. The molecule has 19 heavy (non-hydrogen) atoms. The highest BCUT2D eigenvalue weighted by Crippen LogP contribution is 2.52. The molecule has 1 aliphatic carbocycles. The molecule has 0 saturated heterocycles. The van der Waals surface area contributed by atoms with Gasteiger partial charge in [-0.15, -0.1) is 0 Å². The highest BCUT2D eigenvalue weighted by Gasteiger charge is 2.50. The summed E-state index contributed by atoms with van der Waals surface area (Å²) in [5.74, 6) is -1.29. The first-order chi connectivity index (χ1) is 8.86. The number of nitrogens with zero attached hydrogens (tertiary/aromatic N) is 1. The van der Waals surface area contributed by atoms with E-state index in [9.17, 15) is 9.18 Å². The second kappa shape index (κ2) is 4.53. The first kappa shape index (κ1) is 13.3. The summed E-state index contributed by atoms with van der Waals surface area (Å²) >= 11 is 0. The minimum atomic E-state index is -0.650. The monoisotopic (exact) mass is 265 g/mol. The number of amidine groups is 1. The molecular weight excluding hydrogens is 249 g/mol. The number of carbonyl (C=O) groups is 1. The number of benzene rings is 1. The van der Waals surface area contributed by atoms with Crippen molar-refractivity contribution in [1.29, 1.82) is 0 Å². The minimum Gasteiger partial charge on any atom is -0.409 e. The van der Waals surface area contributed by atoms with Crippen LogP contribution in [0.15, 0.2) is 23.4 Å². The summed E-state index contributed by atoms with van der Waals surface area (Å²) in [5, 5.41) is 14.1. The fourth-order valence-corrected chi connectivity index (χ4v) is 2.07. The van der Waals surface area contributed by atoms with E-state index in [1.807, 2.05) is 13.8 Å². The molecule has 0 aromatic heterocycles. The maximum Gasteiger partial charge on any atom is 0.228 e. The van der Waals surface area contributed by atoms with Crippen LogP contribution in [-0.2, 0) is 4.79 Å². The van der Waals surface area contributed by atoms with Crippen molar-refractivity contribution >= 4 is 17.4 Å². The van der Waals surface area contributed by atoms with Gasteiger partial charge in [0.25, 0.3) is 0 Å². The average Bonchev–Trinajstić information content (AvgIpc) is 2.98. The molecule has 0 spiro atoms. The van der Waals surface area contributed by atoms with Gasteiger partial charge in [-0.2, -0.15) is 0 Å². The zero-order chi connectivity index (χ0) is 14.2. The van der Waals surface area contributed by atoms with Crippen LogP contribution < -0.4 is 11.1 Å². The van der Waals surface area contributed by atoms with E-state index in [1.54, 1.807) is 0 Å². The van der Waals surface area contributed by atoms with E-state index in [-0.39, 0.29) is 34.3 Å².